The number of hydrogen-bond donors (Lipinski definition) is 2. The molecule has 1 aromatic rings. The molecule has 0 radical (unpaired) electrons. The van der Waals surface area contributed by atoms with Gasteiger partial charge in [0.05, 0.1) is 0 Å². The molecule has 0 spiro atoms. The Bertz CT molecular complexity index is 519. The highest BCUT2D eigenvalue weighted by molar-refractivity contribution is 6.02. The van der Waals surface area contributed by atoms with Gasteiger partial charge in [-0.15, -0.1) is 0 Å². The number of hydrogen-bond acceptors (Lipinski definition) is 3. The number of carbonyl (C=O) groups excluding carboxylic acids is 2. The minimum Gasteiger partial charge on any atom is -0.481 e. The number of anilines is 1. The largest absolute Gasteiger partial charge is 0.481 e. The van der Waals surface area contributed by atoms with Crippen LogP contribution in [-0.2, 0) is 9.59 Å². The van der Waals surface area contributed by atoms with Crippen molar-refractivity contribution in [2.75, 3.05) is 11.9 Å². The second kappa shape index (κ2) is 7.22. The summed E-state index contributed by atoms with van der Waals surface area (Å²) in [4.78, 5) is 34.5. The van der Waals surface area contributed by atoms with Gasteiger partial charge in [0.15, 0.2) is 0 Å². The first-order chi connectivity index (χ1) is 9.40. The van der Waals surface area contributed by atoms with Gasteiger partial charge in [-0.1, -0.05) is 6.07 Å². The summed E-state index contributed by atoms with van der Waals surface area (Å²) >= 11 is 0. The van der Waals surface area contributed by atoms with E-state index in [1.165, 1.54) is 25.2 Å². The first-order valence-corrected chi connectivity index (χ1v) is 5.95. The lowest BCUT2D eigenvalue weighted by Crippen LogP contribution is -2.40. The number of aliphatic carboxylic acids is 1. The molecule has 0 saturated carbocycles. The van der Waals surface area contributed by atoms with Crippen LogP contribution in [0.4, 0.5) is 14.9 Å². The second-order valence-electron chi connectivity index (χ2n) is 4.14. The van der Waals surface area contributed by atoms with Crippen molar-refractivity contribution in [2.24, 2.45) is 0 Å². The maximum absolute atomic E-state index is 13.0. The Morgan fingerprint density at radius 1 is 1.30 bits per heavy atom. The molecule has 6 nitrogen and oxygen atoms in total. The Morgan fingerprint density at radius 2 is 2.00 bits per heavy atom. The molecule has 0 fully saturated rings. The number of rotatable bonds is 5. The molecule has 2 N–H and O–H groups in total. The maximum Gasteiger partial charge on any atom is 0.328 e. The number of nitrogens with one attached hydrogen (secondary N) is 1. The van der Waals surface area contributed by atoms with Gasteiger partial charge in [-0.2, -0.15) is 0 Å². The number of carbonyl (C=O) groups is 3. The summed E-state index contributed by atoms with van der Waals surface area (Å²) in [5.41, 5.74) is 0.306. The molecular weight excluding hydrogens is 267 g/mol. The topological polar surface area (TPSA) is 86.7 Å². The highest BCUT2D eigenvalue weighted by Crippen LogP contribution is 2.13. The Morgan fingerprint density at radius 3 is 2.60 bits per heavy atom. The minimum atomic E-state index is -0.999. The smallest absolute Gasteiger partial charge is 0.328 e. The van der Waals surface area contributed by atoms with Crippen molar-refractivity contribution in [1.82, 2.24) is 5.32 Å². The molecule has 0 heterocycles. The van der Waals surface area contributed by atoms with E-state index in [0.29, 0.717) is 5.69 Å². The Hall–Kier alpha value is -2.44. The lowest BCUT2D eigenvalue weighted by molar-refractivity contribution is -0.137. The Kier molecular flexibility index (Phi) is 5.64. The summed E-state index contributed by atoms with van der Waals surface area (Å²) < 4.78 is 13.0. The molecule has 0 aromatic heterocycles. The Labute approximate surface area is 115 Å². The van der Waals surface area contributed by atoms with Gasteiger partial charge >= 0.3 is 12.0 Å². The van der Waals surface area contributed by atoms with E-state index in [1.54, 1.807) is 0 Å². The Balaban J connectivity index is 2.49. The van der Waals surface area contributed by atoms with Gasteiger partial charge < -0.3 is 5.11 Å². The summed E-state index contributed by atoms with van der Waals surface area (Å²) in [6.07, 6.45) is -0.0471. The lowest BCUT2D eigenvalue weighted by atomic mass is 10.2. The lowest BCUT2D eigenvalue weighted by Gasteiger charge is -2.17. The summed E-state index contributed by atoms with van der Waals surface area (Å²) in [5, 5.41) is 10.5. The maximum atomic E-state index is 13.0. The van der Waals surface area contributed by atoms with Crippen molar-refractivity contribution in [1.29, 1.82) is 0 Å². The zero-order valence-corrected chi connectivity index (χ0v) is 10.9. The van der Waals surface area contributed by atoms with Crippen LogP contribution < -0.4 is 10.2 Å². The van der Waals surface area contributed by atoms with Crippen LogP contribution in [0.1, 0.15) is 19.3 Å². The van der Waals surface area contributed by atoms with E-state index >= 15 is 0 Å². The van der Waals surface area contributed by atoms with Crippen LogP contribution in [0.2, 0.25) is 0 Å². The molecule has 1 aromatic carbocycles. The SMILES string of the molecule is CN(C(=O)NC(=O)CCCC(=O)O)c1cccc(F)c1. The summed E-state index contributed by atoms with van der Waals surface area (Å²) in [6, 6.07) is 4.68. The third kappa shape index (κ3) is 5.05. The fourth-order valence-electron chi connectivity index (χ4n) is 1.47. The van der Waals surface area contributed by atoms with Crippen LogP contribution in [-0.4, -0.2) is 30.1 Å². The van der Waals surface area contributed by atoms with Gasteiger partial charge in [-0.05, 0) is 24.6 Å². The molecule has 7 heteroatoms. The van der Waals surface area contributed by atoms with Crippen LogP contribution in [0.5, 0.6) is 0 Å². The van der Waals surface area contributed by atoms with Gasteiger partial charge in [-0.3, -0.25) is 19.8 Å². The molecule has 0 atom stereocenters. The molecule has 0 aliphatic heterocycles. The average molecular weight is 282 g/mol. The third-order valence-electron chi connectivity index (χ3n) is 2.54. The van der Waals surface area contributed by atoms with Gasteiger partial charge in [0.1, 0.15) is 5.82 Å². The van der Waals surface area contributed by atoms with E-state index in [4.69, 9.17) is 5.11 Å². The van der Waals surface area contributed by atoms with Gasteiger partial charge in [0.2, 0.25) is 5.91 Å². The number of halogens is 1. The van der Waals surface area contributed by atoms with Crippen molar-refractivity contribution >= 4 is 23.6 Å². The first kappa shape index (κ1) is 15.6. The molecule has 1 rings (SSSR count). The van der Waals surface area contributed by atoms with Crippen LogP contribution in [0.3, 0.4) is 0 Å². The standard InChI is InChI=1S/C13H15FN2O4/c1-16(10-5-2-4-9(14)8-10)13(20)15-11(17)6-3-7-12(18)19/h2,4-5,8H,3,6-7H2,1H3,(H,18,19)(H,15,17,20). The van der Waals surface area contributed by atoms with E-state index in [0.717, 1.165) is 11.0 Å². The van der Waals surface area contributed by atoms with E-state index in [1.807, 2.05) is 0 Å². The number of amides is 3. The molecule has 0 aliphatic carbocycles. The van der Waals surface area contributed by atoms with Gasteiger partial charge in [-0.25, -0.2) is 9.18 Å². The van der Waals surface area contributed by atoms with Crippen LogP contribution >= 0.6 is 0 Å². The summed E-state index contributed by atoms with van der Waals surface area (Å²) in [5.74, 6) is -2.06. The molecule has 20 heavy (non-hydrogen) atoms. The van der Waals surface area contributed by atoms with Crippen molar-refractivity contribution in [3.8, 4) is 0 Å². The highest BCUT2D eigenvalue weighted by atomic mass is 19.1. The van der Waals surface area contributed by atoms with Crippen LogP contribution in [0, 0.1) is 5.82 Å². The zero-order valence-electron chi connectivity index (χ0n) is 10.9. The minimum absolute atomic E-state index is 0.0605. The predicted octanol–water partition coefficient (Wildman–Crippen LogP) is 1.75. The number of carboxylic acid groups (broad SMARTS) is 1. The van der Waals surface area contributed by atoms with E-state index in [-0.39, 0.29) is 19.3 Å². The monoisotopic (exact) mass is 282 g/mol. The molecular formula is C13H15FN2O4. The number of benzene rings is 1. The number of nitrogens with zero attached hydrogens (tertiary/aromatic N) is 1. The summed E-state index contributed by atoms with van der Waals surface area (Å²) in [6.45, 7) is 0. The molecule has 0 aliphatic rings. The van der Waals surface area contributed by atoms with Crippen molar-refractivity contribution < 1.29 is 23.9 Å². The van der Waals surface area contributed by atoms with E-state index < -0.39 is 23.7 Å². The highest BCUT2D eigenvalue weighted by Gasteiger charge is 2.14. The van der Waals surface area contributed by atoms with E-state index in [9.17, 15) is 18.8 Å². The van der Waals surface area contributed by atoms with Gasteiger partial charge in [0, 0.05) is 25.6 Å². The third-order valence-corrected chi connectivity index (χ3v) is 2.54. The van der Waals surface area contributed by atoms with Crippen molar-refractivity contribution in [3.63, 3.8) is 0 Å². The molecule has 3 amide bonds. The second-order valence-corrected chi connectivity index (χ2v) is 4.14. The fraction of sp³-hybridized carbons (Fsp3) is 0.308. The molecule has 0 bridgehead atoms. The average Bonchev–Trinajstić information content (AvgIpc) is 2.37. The van der Waals surface area contributed by atoms with Crippen LogP contribution in [0.25, 0.3) is 0 Å². The summed E-state index contributed by atoms with van der Waals surface area (Å²) in [7, 11) is 1.40. The normalized spacial score (nSPS) is 9.90. The molecule has 0 unspecified atom stereocenters. The first-order valence-electron chi connectivity index (χ1n) is 5.95. The van der Waals surface area contributed by atoms with Crippen LogP contribution in [0.15, 0.2) is 24.3 Å². The quantitative estimate of drug-likeness (QED) is 0.861. The van der Waals surface area contributed by atoms with Crippen molar-refractivity contribution in [3.05, 3.63) is 30.1 Å². The number of urea groups is 1. The number of carboxylic acids is 1. The number of imide groups is 1. The molecule has 0 saturated heterocycles. The van der Waals surface area contributed by atoms with Gasteiger partial charge in [0.25, 0.3) is 0 Å². The predicted molar refractivity (Wildman–Crippen MR) is 69.8 cm³/mol. The van der Waals surface area contributed by atoms with E-state index in [2.05, 4.69) is 5.32 Å². The molecule has 108 valence electrons. The zero-order chi connectivity index (χ0) is 15.1. The fourth-order valence-corrected chi connectivity index (χ4v) is 1.47. The van der Waals surface area contributed by atoms with Crippen molar-refractivity contribution in [2.45, 2.75) is 19.3 Å².